The van der Waals surface area contributed by atoms with Crippen LogP contribution in [0.4, 0.5) is 0 Å². The Morgan fingerprint density at radius 2 is 1.85 bits per heavy atom. The number of likely N-dealkylation sites (N-methyl/N-ethyl adjacent to an activating group) is 2. The van der Waals surface area contributed by atoms with Crippen LogP contribution >= 0.6 is 0 Å². The van der Waals surface area contributed by atoms with Crippen LogP contribution in [0.5, 0.6) is 0 Å². The second-order valence-electron chi connectivity index (χ2n) is 6.05. The highest BCUT2D eigenvalue weighted by molar-refractivity contribution is 5.82. The minimum Gasteiger partial charge on any atom is -0.342 e. The molecule has 1 aliphatic carbocycles. The van der Waals surface area contributed by atoms with Crippen LogP contribution < -0.4 is 5.73 Å². The molecule has 4 heteroatoms. The van der Waals surface area contributed by atoms with Gasteiger partial charge in [-0.1, -0.05) is 30.3 Å². The highest BCUT2D eigenvalue weighted by atomic mass is 16.2. The Morgan fingerprint density at radius 1 is 1.25 bits per heavy atom. The Bertz CT molecular complexity index is 454. The second kappa shape index (κ2) is 5.94. The molecular weight excluding hydrogens is 250 g/mol. The topological polar surface area (TPSA) is 49.6 Å². The molecule has 1 aromatic carbocycles. The average molecular weight is 275 g/mol. The summed E-state index contributed by atoms with van der Waals surface area (Å²) in [6, 6.07) is 8.99. The van der Waals surface area contributed by atoms with Crippen LogP contribution in [0.25, 0.3) is 0 Å². The number of benzene rings is 1. The molecule has 0 heterocycles. The summed E-state index contributed by atoms with van der Waals surface area (Å²) in [4.78, 5) is 16.5. The molecular formula is C16H25N3O. The van der Waals surface area contributed by atoms with Crippen LogP contribution in [-0.4, -0.2) is 48.9 Å². The van der Waals surface area contributed by atoms with Gasteiger partial charge in [-0.05, 0) is 38.9 Å². The first kappa shape index (κ1) is 15.0. The second-order valence-corrected chi connectivity index (χ2v) is 6.05. The molecule has 1 atom stereocenters. The lowest BCUT2D eigenvalue weighted by Gasteiger charge is -2.49. The van der Waals surface area contributed by atoms with Gasteiger partial charge in [0.2, 0.25) is 5.91 Å². The van der Waals surface area contributed by atoms with Crippen LogP contribution in [0.3, 0.4) is 0 Å². The van der Waals surface area contributed by atoms with Crippen LogP contribution in [0.2, 0.25) is 0 Å². The van der Waals surface area contributed by atoms with E-state index in [9.17, 15) is 4.79 Å². The minimum atomic E-state index is -0.569. The monoisotopic (exact) mass is 275 g/mol. The summed E-state index contributed by atoms with van der Waals surface area (Å²) in [5.41, 5.74) is 7.10. The number of carbonyl (C=O) groups is 1. The lowest BCUT2D eigenvalue weighted by Crippen LogP contribution is -2.58. The Balaban J connectivity index is 2.02. The number of amides is 1. The first-order chi connectivity index (χ1) is 9.46. The van der Waals surface area contributed by atoms with E-state index < -0.39 is 6.04 Å². The lowest BCUT2D eigenvalue weighted by molar-refractivity contribution is -0.134. The van der Waals surface area contributed by atoms with Gasteiger partial charge in [0.05, 0.1) is 0 Å². The summed E-state index contributed by atoms with van der Waals surface area (Å²) >= 11 is 0. The highest BCUT2D eigenvalue weighted by Crippen LogP contribution is 2.36. The van der Waals surface area contributed by atoms with Gasteiger partial charge in [0, 0.05) is 19.1 Å². The Labute approximate surface area is 121 Å². The summed E-state index contributed by atoms with van der Waals surface area (Å²) in [6.07, 6.45) is 3.54. The van der Waals surface area contributed by atoms with E-state index in [4.69, 9.17) is 5.73 Å². The summed E-state index contributed by atoms with van der Waals surface area (Å²) in [6.45, 7) is 0.749. The number of hydrogen-bond donors (Lipinski definition) is 1. The summed E-state index contributed by atoms with van der Waals surface area (Å²) in [5.74, 6) is -0.00988. The smallest absolute Gasteiger partial charge is 0.243 e. The van der Waals surface area contributed by atoms with Crippen molar-refractivity contribution in [1.29, 1.82) is 0 Å². The van der Waals surface area contributed by atoms with E-state index >= 15 is 0 Å². The Hall–Kier alpha value is -1.39. The van der Waals surface area contributed by atoms with Crippen molar-refractivity contribution in [2.24, 2.45) is 5.73 Å². The molecule has 2 N–H and O–H groups in total. The van der Waals surface area contributed by atoms with E-state index in [-0.39, 0.29) is 11.4 Å². The van der Waals surface area contributed by atoms with Gasteiger partial charge >= 0.3 is 0 Å². The van der Waals surface area contributed by atoms with Crippen LogP contribution in [0.15, 0.2) is 30.3 Å². The van der Waals surface area contributed by atoms with Gasteiger partial charge < -0.3 is 15.5 Å². The molecule has 2 rings (SSSR count). The van der Waals surface area contributed by atoms with E-state index in [1.807, 2.05) is 37.4 Å². The molecule has 4 nitrogen and oxygen atoms in total. The van der Waals surface area contributed by atoms with Crippen molar-refractivity contribution in [2.45, 2.75) is 30.8 Å². The van der Waals surface area contributed by atoms with Crippen molar-refractivity contribution in [3.8, 4) is 0 Å². The minimum absolute atomic E-state index is 0.00988. The summed E-state index contributed by atoms with van der Waals surface area (Å²) in [5, 5.41) is 0. The third kappa shape index (κ3) is 2.86. The van der Waals surface area contributed by atoms with Crippen molar-refractivity contribution in [1.82, 2.24) is 9.80 Å². The van der Waals surface area contributed by atoms with E-state index in [1.54, 1.807) is 4.90 Å². The van der Waals surface area contributed by atoms with E-state index in [1.165, 1.54) is 6.42 Å². The molecule has 0 radical (unpaired) electrons. The molecule has 1 amide bonds. The largest absolute Gasteiger partial charge is 0.342 e. The van der Waals surface area contributed by atoms with Gasteiger partial charge in [-0.25, -0.2) is 0 Å². The molecule has 0 aromatic heterocycles. The normalized spacial score (nSPS) is 18.4. The van der Waals surface area contributed by atoms with Crippen molar-refractivity contribution in [3.63, 3.8) is 0 Å². The van der Waals surface area contributed by atoms with Gasteiger partial charge in [0.15, 0.2) is 0 Å². The Kier molecular flexibility index (Phi) is 4.45. The van der Waals surface area contributed by atoms with Gasteiger partial charge in [-0.3, -0.25) is 4.79 Å². The van der Waals surface area contributed by atoms with Crippen molar-refractivity contribution >= 4 is 5.91 Å². The predicted molar refractivity (Wildman–Crippen MR) is 81.3 cm³/mol. The standard InChI is InChI=1S/C16H25N3O/c1-18(2)16(10-7-11-16)12-19(3)15(20)14(17)13-8-5-4-6-9-13/h4-6,8-9,14H,7,10-12,17H2,1-3H3. The molecule has 1 unspecified atom stereocenters. The fraction of sp³-hybridized carbons (Fsp3) is 0.562. The molecule has 0 bridgehead atoms. The number of hydrogen-bond acceptors (Lipinski definition) is 3. The zero-order valence-electron chi connectivity index (χ0n) is 12.7. The fourth-order valence-electron chi connectivity index (χ4n) is 2.89. The molecule has 1 saturated carbocycles. The van der Waals surface area contributed by atoms with E-state index in [0.717, 1.165) is 24.9 Å². The van der Waals surface area contributed by atoms with Gasteiger partial charge in [0.25, 0.3) is 0 Å². The molecule has 0 aliphatic heterocycles. The first-order valence-corrected chi connectivity index (χ1v) is 7.19. The van der Waals surface area contributed by atoms with Crippen LogP contribution in [-0.2, 0) is 4.79 Å². The van der Waals surface area contributed by atoms with Crippen LogP contribution in [0, 0.1) is 0 Å². The third-order valence-corrected chi connectivity index (χ3v) is 4.57. The fourth-order valence-corrected chi connectivity index (χ4v) is 2.89. The van der Waals surface area contributed by atoms with E-state index in [2.05, 4.69) is 19.0 Å². The summed E-state index contributed by atoms with van der Waals surface area (Å²) < 4.78 is 0. The maximum atomic E-state index is 12.5. The molecule has 1 fully saturated rings. The highest BCUT2D eigenvalue weighted by Gasteiger charge is 2.41. The molecule has 1 aliphatic rings. The SMILES string of the molecule is CN(CC1(N(C)C)CCC1)C(=O)C(N)c1ccccc1. The lowest BCUT2D eigenvalue weighted by atomic mass is 9.75. The quantitative estimate of drug-likeness (QED) is 0.888. The number of carbonyl (C=O) groups excluding carboxylic acids is 1. The maximum Gasteiger partial charge on any atom is 0.243 e. The molecule has 0 spiro atoms. The zero-order chi connectivity index (χ0) is 14.8. The average Bonchev–Trinajstić information content (AvgIpc) is 2.41. The first-order valence-electron chi connectivity index (χ1n) is 7.19. The van der Waals surface area contributed by atoms with Crippen molar-refractivity contribution in [3.05, 3.63) is 35.9 Å². The number of nitrogens with zero attached hydrogens (tertiary/aromatic N) is 2. The number of nitrogens with two attached hydrogens (primary N) is 1. The van der Waals surface area contributed by atoms with Gasteiger partial charge in [-0.15, -0.1) is 0 Å². The molecule has 1 aromatic rings. The third-order valence-electron chi connectivity index (χ3n) is 4.57. The zero-order valence-corrected chi connectivity index (χ0v) is 12.7. The van der Waals surface area contributed by atoms with Gasteiger partial charge in [-0.2, -0.15) is 0 Å². The van der Waals surface area contributed by atoms with Crippen molar-refractivity contribution in [2.75, 3.05) is 27.7 Å². The summed E-state index contributed by atoms with van der Waals surface area (Å²) in [7, 11) is 6.04. The maximum absolute atomic E-state index is 12.5. The number of rotatable bonds is 5. The predicted octanol–water partition coefficient (Wildman–Crippen LogP) is 1.63. The van der Waals surface area contributed by atoms with Crippen LogP contribution in [0.1, 0.15) is 30.9 Å². The molecule has 110 valence electrons. The molecule has 20 heavy (non-hydrogen) atoms. The Morgan fingerprint density at radius 3 is 2.30 bits per heavy atom. The molecule has 0 saturated heterocycles. The van der Waals surface area contributed by atoms with E-state index in [0.29, 0.717) is 0 Å². The van der Waals surface area contributed by atoms with Crippen molar-refractivity contribution < 1.29 is 4.79 Å². The van der Waals surface area contributed by atoms with Gasteiger partial charge in [0.1, 0.15) is 6.04 Å².